The maximum Gasteiger partial charge on any atom is 0.119 e. The Kier molecular flexibility index (Phi) is 10.9. The standard InChI is InChI=1S/C17H28N2O.2ClH/c1-14(2)7-8-17(19-11-9-18-10-12-19)15-5-4-6-16(13-15)20-3;;/h4-6,13-14,17-18H,7-12H2,1-3H3;2*1H/t17-;;/m0../s1. The number of ether oxygens (including phenoxy) is 1. The van der Waals surface area contributed by atoms with Crippen LogP contribution in [-0.4, -0.2) is 38.2 Å². The van der Waals surface area contributed by atoms with E-state index in [4.69, 9.17) is 4.74 Å². The zero-order valence-corrected chi connectivity index (χ0v) is 15.5. The maximum absolute atomic E-state index is 5.39. The van der Waals surface area contributed by atoms with E-state index in [2.05, 4.69) is 42.3 Å². The summed E-state index contributed by atoms with van der Waals surface area (Å²) in [6, 6.07) is 9.11. The molecule has 1 N–H and O–H groups in total. The topological polar surface area (TPSA) is 24.5 Å². The lowest BCUT2D eigenvalue weighted by Crippen LogP contribution is -2.45. The number of nitrogens with one attached hydrogen (secondary N) is 1. The maximum atomic E-state index is 5.39. The largest absolute Gasteiger partial charge is 0.497 e. The van der Waals surface area contributed by atoms with Crippen LogP contribution in [0.2, 0.25) is 0 Å². The summed E-state index contributed by atoms with van der Waals surface area (Å²) in [7, 11) is 1.74. The summed E-state index contributed by atoms with van der Waals surface area (Å²) in [5.74, 6) is 1.72. The van der Waals surface area contributed by atoms with Gasteiger partial charge in [-0.1, -0.05) is 26.0 Å². The number of rotatable bonds is 6. The van der Waals surface area contributed by atoms with E-state index in [1.807, 2.05) is 6.07 Å². The number of halogens is 2. The summed E-state index contributed by atoms with van der Waals surface area (Å²) in [4.78, 5) is 2.62. The first-order valence-electron chi connectivity index (χ1n) is 7.79. The molecule has 0 radical (unpaired) electrons. The van der Waals surface area contributed by atoms with Crippen molar-refractivity contribution in [3.8, 4) is 5.75 Å². The van der Waals surface area contributed by atoms with Crippen molar-refractivity contribution in [2.45, 2.75) is 32.7 Å². The fourth-order valence-electron chi connectivity index (χ4n) is 2.89. The summed E-state index contributed by atoms with van der Waals surface area (Å²) in [5.41, 5.74) is 1.40. The Hall–Kier alpha value is -0.480. The second kappa shape index (κ2) is 11.1. The highest BCUT2D eigenvalue weighted by Gasteiger charge is 2.22. The summed E-state index contributed by atoms with van der Waals surface area (Å²) >= 11 is 0. The third-order valence-corrected chi connectivity index (χ3v) is 4.09. The molecule has 0 aliphatic carbocycles. The van der Waals surface area contributed by atoms with E-state index in [1.165, 1.54) is 18.4 Å². The van der Waals surface area contributed by atoms with Crippen LogP contribution in [0, 0.1) is 5.92 Å². The second-order valence-corrected chi connectivity index (χ2v) is 6.05. The molecule has 2 rings (SSSR count). The average Bonchev–Trinajstić information content (AvgIpc) is 2.48. The van der Waals surface area contributed by atoms with Crippen molar-refractivity contribution in [3.63, 3.8) is 0 Å². The van der Waals surface area contributed by atoms with Crippen molar-refractivity contribution in [1.82, 2.24) is 10.2 Å². The highest BCUT2D eigenvalue weighted by Crippen LogP contribution is 2.29. The summed E-state index contributed by atoms with van der Waals surface area (Å²) in [5, 5.41) is 3.44. The van der Waals surface area contributed by atoms with Crippen molar-refractivity contribution in [1.29, 1.82) is 0 Å². The number of nitrogens with zero attached hydrogens (tertiary/aromatic N) is 1. The Balaban J connectivity index is 0.00000220. The van der Waals surface area contributed by atoms with Crippen molar-refractivity contribution in [2.75, 3.05) is 33.3 Å². The quantitative estimate of drug-likeness (QED) is 0.842. The Morgan fingerprint density at radius 3 is 2.41 bits per heavy atom. The fraction of sp³-hybridized carbons (Fsp3) is 0.647. The first-order chi connectivity index (χ1) is 9.70. The van der Waals surface area contributed by atoms with Crippen molar-refractivity contribution in [2.24, 2.45) is 5.92 Å². The molecule has 5 heteroatoms. The van der Waals surface area contributed by atoms with Gasteiger partial charge in [-0.05, 0) is 36.5 Å². The first kappa shape index (κ1) is 21.5. The molecular formula is C17H30Cl2N2O. The van der Waals surface area contributed by atoms with Gasteiger partial charge in [0.15, 0.2) is 0 Å². The van der Waals surface area contributed by atoms with Gasteiger partial charge < -0.3 is 10.1 Å². The molecule has 0 amide bonds. The highest BCUT2D eigenvalue weighted by atomic mass is 35.5. The lowest BCUT2D eigenvalue weighted by atomic mass is 9.95. The third-order valence-electron chi connectivity index (χ3n) is 4.09. The zero-order chi connectivity index (χ0) is 14.4. The molecule has 1 atom stereocenters. The monoisotopic (exact) mass is 348 g/mol. The molecule has 3 nitrogen and oxygen atoms in total. The second-order valence-electron chi connectivity index (χ2n) is 6.05. The van der Waals surface area contributed by atoms with Crippen LogP contribution in [-0.2, 0) is 0 Å². The smallest absolute Gasteiger partial charge is 0.119 e. The number of benzene rings is 1. The van der Waals surface area contributed by atoms with E-state index in [1.54, 1.807) is 7.11 Å². The molecule has 0 spiro atoms. The van der Waals surface area contributed by atoms with Crippen LogP contribution >= 0.6 is 24.8 Å². The van der Waals surface area contributed by atoms with Gasteiger partial charge >= 0.3 is 0 Å². The molecule has 0 unspecified atom stereocenters. The minimum Gasteiger partial charge on any atom is -0.497 e. The van der Waals surface area contributed by atoms with Crippen LogP contribution < -0.4 is 10.1 Å². The van der Waals surface area contributed by atoms with Crippen LogP contribution in [0.4, 0.5) is 0 Å². The molecule has 0 bridgehead atoms. The summed E-state index contributed by atoms with van der Waals surface area (Å²) in [6.45, 7) is 9.09. The third kappa shape index (κ3) is 6.33. The highest BCUT2D eigenvalue weighted by molar-refractivity contribution is 5.85. The molecule has 0 aromatic heterocycles. The van der Waals surface area contributed by atoms with Gasteiger partial charge in [0.2, 0.25) is 0 Å². The van der Waals surface area contributed by atoms with E-state index in [9.17, 15) is 0 Å². The van der Waals surface area contributed by atoms with Gasteiger partial charge in [-0.15, -0.1) is 24.8 Å². The zero-order valence-electron chi connectivity index (χ0n) is 13.9. The Bertz CT molecular complexity index is 409. The van der Waals surface area contributed by atoms with Gasteiger partial charge in [0.05, 0.1) is 7.11 Å². The van der Waals surface area contributed by atoms with Gasteiger partial charge in [0, 0.05) is 32.2 Å². The lowest BCUT2D eigenvalue weighted by Gasteiger charge is -2.35. The molecule has 1 saturated heterocycles. The fourth-order valence-corrected chi connectivity index (χ4v) is 2.89. The SMILES string of the molecule is COc1cccc([C@H](CCC(C)C)N2CCNCC2)c1.Cl.Cl. The van der Waals surface area contributed by atoms with E-state index in [-0.39, 0.29) is 24.8 Å². The molecule has 1 aliphatic rings. The Morgan fingerprint density at radius 2 is 1.82 bits per heavy atom. The normalized spacial score (nSPS) is 16.5. The Labute approximate surface area is 147 Å². The van der Waals surface area contributed by atoms with E-state index in [0.717, 1.165) is 37.8 Å². The van der Waals surface area contributed by atoms with Crippen LogP contribution in [0.5, 0.6) is 5.75 Å². The van der Waals surface area contributed by atoms with Gasteiger partial charge in [-0.3, -0.25) is 4.90 Å². The van der Waals surface area contributed by atoms with Crippen molar-refractivity contribution >= 4 is 24.8 Å². The molecule has 1 fully saturated rings. The summed E-state index contributed by atoms with van der Waals surface area (Å²) < 4.78 is 5.39. The molecular weight excluding hydrogens is 319 g/mol. The van der Waals surface area contributed by atoms with E-state index in [0.29, 0.717) is 6.04 Å². The van der Waals surface area contributed by atoms with E-state index >= 15 is 0 Å². The number of hydrogen-bond donors (Lipinski definition) is 1. The van der Waals surface area contributed by atoms with Crippen molar-refractivity contribution < 1.29 is 4.74 Å². The number of methoxy groups -OCH3 is 1. The lowest BCUT2D eigenvalue weighted by molar-refractivity contribution is 0.159. The van der Waals surface area contributed by atoms with Gasteiger partial charge in [-0.25, -0.2) is 0 Å². The van der Waals surface area contributed by atoms with Gasteiger partial charge in [-0.2, -0.15) is 0 Å². The molecule has 1 aromatic rings. The number of piperazine rings is 1. The van der Waals surface area contributed by atoms with Crippen LogP contribution in [0.15, 0.2) is 24.3 Å². The minimum atomic E-state index is 0. The van der Waals surface area contributed by atoms with E-state index < -0.39 is 0 Å². The molecule has 1 aliphatic heterocycles. The van der Waals surface area contributed by atoms with Crippen LogP contribution in [0.25, 0.3) is 0 Å². The molecule has 0 saturated carbocycles. The van der Waals surface area contributed by atoms with Gasteiger partial charge in [0.1, 0.15) is 5.75 Å². The molecule has 128 valence electrons. The predicted octanol–water partition coefficient (Wildman–Crippen LogP) is 3.92. The van der Waals surface area contributed by atoms with Crippen LogP contribution in [0.3, 0.4) is 0 Å². The molecule has 1 aromatic carbocycles. The molecule has 1 heterocycles. The predicted molar refractivity (Wildman–Crippen MR) is 98.7 cm³/mol. The first-order valence-corrected chi connectivity index (χ1v) is 7.79. The Morgan fingerprint density at radius 1 is 1.14 bits per heavy atom. The molecule has 22 heavy (non-hydrogen) atoms. The average molecular weight is 349 g/mol. The van der Waals surface area contributed by atoms with Crippen LogP contribution in [0.1, 0.15) is 38.3 Å². The number of hydrogen-bond acceptors (Lipinski definition) is 3. The minimum absolute atomic E-state index is 0. The van der Waals surface area contributed by atoms with Gasteiger partial charge in [0.25, 0.3) is 0 Å². The van der Waals surface area contributed by atoms with Crippen molar-refractivity contribution in [3.05, 3.63) is 29.8 Å². The summed E-state index contributed by atoms with van der Waals surface area (Å²) in [6.07, 6.45) is 2.50.